The van der Waals surface area contributed by atoms with E-state index in [1.807, 2.05) is 0 Å². The molecule has 1 fully saturated rings. The van der Waals surface area contributed by atoms with Crippen LogP contribution in [-0.2, 0) is 20.9 Å². The Bertz CT molecular complexity index is 944. The summed E-state index contributed by atoms with van der Waals surface area (Å²) in [5.74, 6) is -1.81. The van der Waals surface area contributed by atoms with E-state index in [0.717, 1.165) is 17.4 Å². The first kappa shape index (κ1) is 24.2. The van der Waals surface area contributed by atoms with Gasteiger partial charge in [0.15, 0.2) is 0 Å². The van der Waals surface area contributed by atoms with Gasteiger partial charge >= 0.3 is 17.8 Å². The number of aliphatic carboxylic acids is 1. The summed E-state index contributed by atoms with van der Waals surface area (Å²) in [6, 6.07) is -1.05. The predicted octanol–water partition coefficient (Wildman–Crippen LogP) is 0.594. The molecule has 2 atom stereocenters. The van der Waals surface area contributed by atoms with Crippen LogP contribution in [0.5, 0.6) is 0 Å². The summed E-state index contributed by atoms with van der Waals surface area (Å²) in [7, 11) is 0. The number of amides is 2. The topological polar surface area (TPSA) is 151 Å². The second kappa shape index (κ2) is 9.80. The Balaban J connectivity index is 2.25. The minimum Gasteiger partial charge on any atom is -0.480 e. The molecule has 1 aromatic rings. The summed E-state index contributed by atoms with van der Waals surface area (Å²) in [6.07, 6.45) is 3.25. The van der Waals surface area contributed by atoms with Crippen LogP contribution in [0.25, 0.3) is 0 Å². The zero-order valence-corrected chi connectivity index (χ0v) is 18.3. The maximum atomic E-state index is 13.0. The van der Waals surface area contributed by atoms with Crippen molar-refractivity contribution in [3.63, 3.8) is 0 Å². The molecular weight excluding hydrogens is 408 g/mol. The fourth-order valence-electron chi connectivity index (χ4n) is 3.62. The maximum Gasteiger partial charge on any atom is 0.407 e. The van der Waals surface area contributed by atoms with Gasteiger partial charge in [-0.25, -0.2) is 9.59 Å². The highest BCUT2D eigenvalue weighted by atomic mass is 16.6. The largest absolute Gasteiger partial charge is 0.480 e. The van der Waals surface area contributed by atoms with Gasteiger partial charge < -0.3 is 20.1 Å². The molecule has 0 aliphatic heterocycles. The normalized spacial score (nSPS) is 18.8. The Labute approximate surface area is 179 Å². The van der Waals surface area contributed by atoms with Crippen LogP contribution in [0.15, 0.2) is 15.8 Å². The molecule has 0 spiro atoms. The van der Waals surface area contributed by atoms with E-state index in [1.54, 1.807) is 20.8 Å². The van der Waals surface area contributed by atoms with Crippen molar-refractivity contribution in [1.82, 2.24) is 19.8 Å². The van der Waals surface area contributed by atoms with Gasteiger partial charge in [0.25, 0.3) is 5.56 Å². The Hall–Kier alpha value is -3.11. The fraction of sp³-hybridized carbons (Fsp3) is 0.650. The van der Waals surface area contributed by atoms with Gasteiger partial charge in [-0.1, -0.05) is 12.8 Å². The van der Waals surface area contributed by atoms with E-state index in [2.05, 4.69) is 10.3 Å². The third kappa shape index (κ3) is 6.97. The maximum absolute atomic E-state index is 13.0. The number of alkyl carbamates (subject to hydrolysis) is 1. The van der Waals surface area contributed by atoms with Gasteiger partial charge in [-0.15, -0.1) is 0 Å². The van der Waals surface area contributed by atoms with Gasteiger partial charge in [-0.2, -0.15) is 0 Å². The summed E-state index contributed by atoms with van der Waals surface area (Å²) in [6.45, 7) is 5.68. The number of H-pyrrole nitrogens is 1. The number of aryl methyl sites for hydroxylation is 1. The lowest BCUT2D eigenvalue weighted by atomic mass is 9.89. The Morgan fingerprint density at radius 3 is 2.52 bits per heavy atom. The zero-order valence-electron chi connectivity index (χ0n) is 18.3. The van der Waals surface area contributed by atoms with E-state index in [1.165, 1.54) is 18.0 Å². The number of ether oxygens (including phenoxy) is 1. The molecule has 1 aliphatic carbocycles. The molecule has 0 saturated heterocycles. The number of carbonyl (C=O) groups excluding carboxylic acids is 2. The summed E-state index contributed by atoms with van der Waals surface area (Å²) in [4.78, 5) is 63.6. The number of nitrogens with zero attached hydrogens (tertiary/aromatic N) is 2. The number of aromatic amines is 1. The van der Waals surface area contributed by atoms with E-state index in [9.17, 15) is 29.1 Å². The molecule has 11 nitrogen and oxygen atoms in total. The van der Waals surface area contributed by atoms with Gasteiger partial charge in [-0.05, 0) is 40.5 Å². The Morgan fingerprint density at radius 2 is 1.90 bits per heavy atom. The number of nitrogens with one attached hydrogen (secondary N) is 2. The van der Waals surface area contributed by atoms with Crippen molar-refractivity contribution >= 4 is 18.0 Å². The molecule has 2 amide bonds. The number of rotatable bonds is 6. The lowest BCUT2D eigenvalue weighted by molar-refractivity contribution is -0.147. The molecule has 3 N–H and O–H groups in total. The standard InChI is InChI=1S/C20H30N4O7/c1-12-9-23(18(29)22-17(12)28)10-15(25)24(11-16(26)27)14-8-6-5-7-13(14)21-19(30)31-20(2,3)4/h9,13-14H,5-8,10-11H2,1-4H3,(H,21,30)(H,26,27)(H,22,28,29)/t13-,14-/m0/s1. The van der Waals surface area contributed by atoms with Crippen LogP contribution in [0.1, 0.15) is 52.0 Å². The van der Waals surface area contributed by atoms with Crippen molar-refractivity contribution in [3.8, 4) is 0 Å². The molecule has 0 radical (unpaired) electrons. The Morgan fingerprint density at radius 1 is 1.26 bits per heavy atom. The van der Waals surface area contributed by atoms with E-state index in [4.69, 9.17) is 4.74 Å². The van der Waals surface area contributed by atoms with Gasteiger partial charge in [0, 0.05) is 11.8 Å². The van der Waals surface area contributed by atoms with Crippen molar-refractivity contribution in [3.05, 3.63) is 32.6 Å². The molecule has 2 rings (SSSR count). The summed E-state index contributed by atoms with van der Waals surface area (Å²) >= 11 is 0. The van der Waals surface area contributed by atoms with Crippen LogP contribution in [0.2, 0.25) is 0 Å². The highest BCUT2D eigenvalue weighted by Crippen LogP contribution is 2.24. The van der Waals surface area contributed by atoms with Crippen LogP contribution in [-0.4, -0.2) is 61.8 Å². The molecule has 0 bridgehead atoms. The van der Waals surface area contributed by atoms with E-state index in [-0.39, 0.29) is 5.56 Å². The van der Waals surface area contributed by atoms with Crippen molar-refractivity contribution < 1.29 is 24.2 Å². The fourth-order valence-corrected chi connectivity index (χ4v) is 3.62. The van der Waals surface area contributed by atoms with Crippen LogP contribution in [0, 0.1) is 6.92 Å². The molecule has 1 aliphatic rings. The highest BCUT2D eigenvalue weighted by Gasteiger charge is 2.36. The SMILES string of the molecule is Cc1cn(CC(=O)N(CC(=O)O)[C@H]2CCCC[C@@H]2NC(=O)OC(C)(C)C)c(=O)[nH]c1=O. The third-order valence-corrected chi connectivity index (χ3v) is 4.95. The first-order valence-corrected chi connectivity index (χ1v) is 10.2. The molecule has 172 valence electrons. The van der Waals surface area contributed by atoms with Gasteiger partial charge in [0.05, 0.1) is 12.1 Å². The molecular formula is C20H30N4O7. The zero-order chi connectivity index (χ0) is 23.3. The summed E-state index contributed by atoms with van der Waals surface area (Å²) < 4.78 is 6.33. The van der Waals surface area contributed by atoms with Crippen molar-refractivity contribution in [2.24, 2.45) is 0 Å². The Kier molecular flexibility index (Phi) is 7.64. The lowest BCUT2D eigenvalue weighted by Gasteiger charge is -2.39. The number of carboxylic acid groups (broad SMARTS) is 1. The minimum absolute atomic E-state index is 0.249. The van der Waals surface area contributed by atoms with E-state index >= 15 is 0 Å². The van der Waals surface area contributed by atoms with E-state index < -0.39 is 60.0 Å². The number of carboxylic acids is 1. The van der Waals surface area contributed by atoms with Crippen LogP contribution >= 0.6 is 0 Å². The average molecular weight is 438 g/mol. The molecule has 11 heteroatoms. The van der Waals surface area contributed by atoms with Crippen molar-refractivity contribution in [2.45, 2.75) is 77.6 Å². The molecule has 1 aromatic heterocycles. The molecule has 0 unspecified atom stereocenters. The molecule has 0 aromatic carbocycles. The van der Waals surface area contributed by atoms with Crippen LogP contribution in [0.4, 0.5) is 4.79 Å². The first-order valence-electron chi connectivity index (χ1n) is 10.2. The number of hydrogen-bond donors (Lipinski definition) is 3. The second-order valence-corrected chi connectivity index (χ2v) is 8.72. The quantitative estimate of drug-likeness (QED) is 0.588. The third-order valence-electron chi connectivity index (χ3n) is 4.95. The minimum atomic E-state index is -1.21. The number of hydrogen-bond acceptors (Lipinski definition) is 6. The monoisotopic (exact) mass is 438 g/mol. The molecule has 31 heavy (non-hydrogen) atoms. The summed E-state index contributed by atoms with van der Waals surface area (Å²) in [5, 5.41) is 12.1. The molecule has 1 heterocycles. The predicted molar refractivity (Wildman–Crippen MR) is 111 cm³/mol. The van der Waals surface area contributed by atoms with Gasteiger partial charge in [0.2, 0.25) is 5.91 Å². The van der Waals surface area contributed by atoms with Crippen molar-refractivity contribution in [1.29, 1.82) is 0 Å². The second-order valence-electron chi connectivity index (χ2n) is 8.72. The highest BCUT2D eigenvalue weighted by molar-refractivity contribution is 5.81. The van der Waals surface area contributed by atoms with Gasteiger partial charge in [-0.3, -0.25) is 23.9 Å². The summed E-state index contributed by atoms with van der Waals surface area (Å²) in [5.41, 5.74) is -1.76. The average Bonchev–Trinajstić information content (AvgIpc) is 2.63. The first-order chi connectivity index (χ1) is 14.4. The van der Waals surface area contributed by atoms with Gasteiger partial charge in [0.1, 0.15) is 18.7 Å². The van der Waals surface area contributed by atoms with E-state index in [0.29, 0.717) is 12.8 Å². The molecule has 1 saturated carbocycles. The van der Waals surface area contributed by atoms with Crippen molar-refractivity contribution in [2.75, 3.05) is 6.54 Å². The smallest absolute Gasteiger partial charge is 0.407 e. The van der Waals surface area contributed by atoms with Crippen LogP contribution < -0.4 is 16.6 Å². The number of carbonyl (C=O) groups is 3. The number of aromatic nitrogens is 2. The van der Waals surface area contributed by atoms with Crippen LogP contribution in [0.3, 0.4) is 0 Å². The lowest BCUT2D eigenvalue weighted by Crippen LogP contribution is -2.57.